The summed E-state index contributed by atoms with van der Waals surface area (Å²) in [4.78, 5) is 19.9. The zero-order valence-electron chi connectivity index (χ0n) is 17.9. The normalized spacial score (nSPS) is 25.7. The van der Waals surface area contributed by atoms with Gasteiger partial charge in [0, 0.05) is 36.9 Å². The standard InChI is InChI=1S/C24H31N3O3S/c1-2-30-20-5-3-4-17(10-20)13-27-14-18-11-22(23(28)12-19(18)15-27)26-24(29)16-31-21-6-8-25-9-7-21/h3-10,18-19,22-23,28H,2,11-16H2,1H3,(H,26,29)/t18-,19+,22-,23-/m0/s1. The number of ether oxygens (including phenoxy) is 1. The number of benzene rings is 1. The lowest BCUT2D eigenvalue weighted by atomic mass is 9.77. The zero-order chi connectivity index (χ0) is 21.6. The topological polar surface area (TPSA) is 74.7 Å². The number of thioether (sulfide) groups is 1. The Morgan fingerprint density at radius 3 is 2.77 bits per heavy atom. The molecule has 0 radical (unpaired) electrons. The largest absolute Gasteiger partial charge is 0.494 e. The number of carbonyl (C=O) groups is 1. The van der Waals surface area contributed by atoms with Gasteiger partial charge in [-0.2, -0.15) is 0 Å². The minimum Gasteiger partial charge on any atom is -0.494 e. The van der Waals surface area contributed by atoms with E-state index in [2.05, 4.69) is 27.3 Å². The van der Waals surface area contributed by atoms with E-state index in [1.807, 2.05) is 31.2 Å². The fourth-order valence-corrected chi connectivity index (χ4v) is 5.50. The van der Waals surface area contributed by atoms with Crippen LogP contribution in [0.3, 0.4) is 0 Å². The smallest absolute Gasteiger partial charge is 0.230 e. The van der Waals surface area contributed by atoms with Crippen molar-refractivity contribution >= 4 is 17.7 Å². The first kappa shape index (κ1) is 22.1. The van der Waals surface area contributed by atoms with E-state index in [0.717, 1.165) is 43.1 Å². The highest BCUT2D eigenvalue weighted by Crippen LogP contribution is 2.37. The molecule has 2 heterocycles. The first-order valence-electron chi connectivity index (χ1n) is 11.0. The average Bonchev–Trinajstić information content (AvgIpc) is 3.14. The molecule has 31 heavy (non-hydrogen) atoms. The van der Waals surface area contributed by atoms with Gasteiger partial charge in [-0.3, -0.25) is 14.7 Å². The number of rotatable bonds is 8. The van der Waals surface area contributed by atoms with Crippen LogP contribution in [0.4, 0.5) is 0 Å². The van der Waals surface area contributed by atoms with Gasteiger partial charge >= 0.3 is 0 Å². The Kier molecular flexibility index (Phi) is 7.48. The molecule has 4 atom stereocenters. The monoisotopic (exact) mass is 441 g/mol. The van der Waals surface area contributed by atoms with Crippen molar-refractivity contribution in [3.05, 3.63) is 54.4 Å². The highest BCUT2D eigenvalue weighted by Gasteiger charge is 2.42. The van der Waals surface area contributed by atoms with Gasteiger partial charge in [-0.1, -0.05) is 12.1 Å². The van der Waals surface area contributed by atoms with Gasteiger partial charge in [0.1, 0.15) is 5.75 Å². The Morgan fingerprint density at radius 1 is 1.23 bits per heavy atom. The molecule has 7 heteroatoms. The van der Waals surface area contributed by atoms with Crippen molar-refractivity contribution in [2.45, 2.75) is 43.4 Å². The maximum Gasteiger partial charge on any atom is 0.230 e. The molecule has 166 valence electrons. The fourth-order valence-electron chi connectivity index (χ4n) is 4.80. The third-order valence-corrected chi connectivity index (χ3v) is 7.21. The summed E-state index contributed by atoms with van der Waals surface area (Å²) >= 11 is 1.49. The zero-order valence-corrected chi connectivity index (χ0v) is 18.8. The number of aliphatic hydroxyl groups is 1. The fraction of sp³-hybridized carbons (Fsp3) is 0.500. The van der Waals surface area contributed by atoms with Crippen LogP contribution in [0.2, 0.25) is 0 Å². The van der Waals surface area contributed by atoms with Gasteiger partial charge in [0.15, 0.2) is 0 Å². The van der Waals surface area contributed by atoms with Crippen LogP contribution in [0.25, 0.3) is 0 Å². The van der Waals surface area contributed by atoms with E-state index >= 15 is 0 Å². The van der Waals surface area contributed by atoms with Crippen LogP contribution in [0.1, 0.15) is 25.3 Å². The predicted molar refractivity (Wildman–Crippen MR) is 122 cm³/mol. The molecule has 2 aromatic rings. The Hall–Kier alpha value is -2.09. The van der Waals surface area contributed by atoms with Crippen LogP contribution in [-0.4, -0.2) is 58.5 Å². The number of nitrogens with zero attached hydrogens (tertiary/aromatic N) is 2. The minimum atomic E-state index is -0.475. The lowest BCUT2D eigenvalue weighted by Crippen LogP contribution is -2.49. The number of hydrogen-bond acceptors (Lipinski definition) is 6. The molecule has 2 aliphatic rings. The van der Waals surface area contributed by atoms with Gasteiger partial charge < -0.3 is 15.2 Å². The molecule has 1 aromatic carbocycles. The van der Waals surface area contributed by atoms with Crippen LogP contribution in [0.5, 0.6) is 5.75 Å². The molecule has 1 saturated heterocycles. The Balaban J connectivity index is 1.27. The molecule has 1 aliphatic carbocycles. The van der Waals surface area contributed by atoms with E-state index in [1.54, 1.807) is 12.4 Å². The van der Waals surface area contributed by atoms with E-state index in [4.69, 9.17) is 4.74 Å². The molecule has 0 bridgehead atoms. The number of fused-ring (bicyclic) bond motifs is 1. The summed E-state index contributed by atoms with van der Waals surface area (Å²) in [5.41, 5.74) is 1.25. The first-order chi connectivity index (χ1) is 15.1. The van der Waals surface area contributed by atoms with Crippen LogP contribution >= 0.6 is 11.8 Å². The number of amides is 1. The Bertz CT molecular complexity index is 866. The van der Waals surface area contributed by atoms with Gasteiger partial charge in [-0.05, 0) is 61.4 Å². The summed E-state index contributed by atoms with van der Waals surface area (Å²) in [7, 11) is 0. The van der Waals surface area contributed by atoms with Crippen LogP contribution in [0.15, 0.2) is 53.7 Å². The maximum atomic E-state index is 12.4. The number of likely N-dealkylation sites (tertiary alicyclic amines) is 1. The third kappa shape index (κ3) is 5.99. The summed E-state index contributed by atoms with van der Waals surface area (Å²) in [6.07, 6.45) is 4.57. The molecule has 1 aliphatic heterocycles. The number of aliphatic hydroxyl groups excluding tert-OH is 1. The van der Waals surface area contributed by atoms with Gasteiger partial charge in [-0.25, -0.2) is 0 Å². The van der Waals surface area contributed by atoms with E-state index in [9.17, 15) is 9.90 Å². The quantitative estimate of drug-likeness (QED) is 0.614. The molecule has 2 N–H and O–H groups in total. The van der Waals surface area contributed by atoms with Crippen LogP contribution in [-0.2, 0) is 11.3 Å². The average molecular weight is 442 g/mol. The second kappa shape index (κ2) is 10.5. The molecule has 1 amide bonds. The molecule has 4 rings (SSSR count). The lowest BCUT2D eigenvalue weighted by Gasteiger charge is -2.35. The third-order valence-electron chi connectivity index (χ3n) is 6.20. The van der Waals surface area contributed by atoms with Crippen LogP contribution in [0, 0.1) is 11.8 Å². The maximum absolute atomic E-state index is 12.4. The number of hydrogen-bond donors (Lipinski definition) is 2. The van der Waals surface area contributed by atoms with E-state index in [1.165, 1.54) is 17.3 Å². The lowest BCUT2D eigenvalue weighted by molar-refractivity contribution is -0.120. The highest BCUT2D eigenvalue weighted by atomic mass is 32.2. The number of pyridine rings is 1. The summed E-state index contributed by atoms with van der Waals surface area (Å²) in [6, 6.07) is 11.9. The van der Waals surface area contributed by atoms with Gasteiger partial charge in [0.25, 0.3) is 0 Å². The summed E-state index contributed by atoms with van der Waals surface area (Å²) in [5.74, 6) is 2.25. The second-order valence-electron chi connectivity index (χ2n) is 8.48. The highest BCUT2D eigenvalue weighted by molar-refractivity contribution is 8.00. The Morgan fingerprint density at radius 2 is 2.00 bits per heavy atom. The number of carbonyl (C=O) groups excluding carboxylic acids is 1. The summed E-state index contributed by atoms with van der Waals surface area (Å²) in [5, 5.41) is 13.7. The van der Waals surface area contributed by atoms with Gasteiger partial charge in [0.05, 0.1) is 24.5 Å². The van der Waals surface area contributed by atoms with E-state index < -0.39 is 6.10 Å². The van der Waals surface area contributed by atoms with Crippen molar-refractivity contribution in [3.63, 3.8) is 0 Å². The molecule has 2 fully saturated rings. The number of nitrogens with one attached hydrogen (secondary N) is 1. The van der Waals surface area contributed by atoms with Gasteiger partial charge in [0.2, 0.25) is 5.91 Å². The number of aromatic nitrogens is 1. The van der Waals surface area contributed by atoms with Crippen molar-refractivity contribution in [3.8, 4) is 5.75 Å². The van der Waals surface area contributed by atoms with Crippen molar-refractivity contribution in [2.75, 3.05) is 25.4 Å². The molecule has 6 nitrogen and oxygen atoms in total. The molecule has 1 saturated carbocycles. The van der Waals surface area contributed by atoms with Crippen molar-refractivity contribution in [1.82, 2.24) is 15.2 Å². The predicted octanol–water partition coefficient (Wildman–Crippen LogP) is 2.96. The summed E-state index contributed by atoms with van der Waals surface area (Å²) in [6.45, 7) is 5.57. The Labute approximate surface area is 188 Å². The molecule has 0 spiro atoms. The summed E-state index contributed by atoms with van der Waals surface area (Å²) < 4.78 is 5.62. The molecular formula is C24H31N3O3S. The first-order valence-corrected chi connectivity index (χ1v) is 12.0. The van der Waals surface area contributed by atoms with Crippen molar-refractivity contribution in [1.29, 1.82) is 0 Å². The molecule has 0 unspecified atom stereocenters. The SMILES string of the molecule is CCOc1cccc(CN2C[C@H]3C[C@H](O)[C@@H](NC(=O)CSc4ccncc4)C[C@H]3C2)c1. The molecular weight excluding hydrogens is 410 g/mol. The van der Waals surface area contributed by atoms with Crippen molar-refractivity contribution < 1.29 is 14.6 Å². The van der Waals surface area contributed by atoms with Crippen LogP contribution < -0.4 is 10.1 Å². The van der Waals surface area contributed by atoms with Crippen molar-refractivity contribution in [2.24, 2.45) is 11.8 Å². The molecule has 1 aromatic heterocycles. The minimum absolute atomic E-state index is 0.0214. The van der Waals surface area contributed by atoms with Gasteiger partial charge in [-0.15, -0.1) is 11.8 Å². The van der Waals surface area contributed by atoms with E-state index in [-0.39, 0.29) is 11.9 Å². The second-order valence-corrected chi connectivity index (χ2v) is 9.53. The van der Waals surface area contributed by atoms with E-state index in [0.29, 0.717) is 24.2 Å².